The number of rotatable bonds is 4. The summed E-state index contributed by atoms with van der Waals surface area (Å²) in [6.45, 7) is 1.86. The molecule has 0 aromatic carbocycles. The number of nitrogens with one attached hydrogen (secondary N) is 1. The number of nitrogens with zero attached hydrogens (tertiary/aromatic N) is 5. The number of carbonyl (C=O) groups is 1. The molecule has 0 spiro atoms. The van der Waals surface area contributed by atoms with Crippen molar-refractivity contribution >= 4 is 23.4 Å². The minimum absolute atomic E-state index is 0.0696. The predicted molar refractivity (Wildman–Crippen MR) is 94.6 cm³/mol. The molecule has 3 rings (SSSR count). The van der Waals surface area contributed by atoms with E-state index in [4.69, 9.17) is 0 Å². The molecule has 0 bridgehead atoms. The van der Waals surface area contributed by atoms with Crippen LogP contribution in [-0.4, -0.2) is 48.0 Å². The number of aromatic nitrogens is 3. The molecule has 25 heavy (non-hydrogen) atoms. The van der Waals surface area contributed by atoms with E-state index in [-0.39, 0.29) is 5.56 Å². The normalized spacial score (nSPS) is 14.3. The van der Waals surface area contributed by atoms with E-state index in [0.29, 0.717) is 17.5 Å². The lowest BCUT2D eigenvalue weighted by molar-refractivity contribution is 0.102. The van der Waals surface area contributed by atoms with Gasteiger partial charge in [-0.3, -0.25) is 9.78 Å². The molecule has 0 aliphatic carbocycles. The molecule has 2 aromatic rings. The third-order valence-electron chi connectivity index (χ3n) is 4.08. The molecule has 1 N–H and O–H groups in total. The Morgan fingerprint density at radius 2 is 2.00 bits per heavy atom. The highest BCUT2D eigenvalue weighted by Crippen LogP contribution is 2.25. The molecule has 0 radical (unpaired) electrons. The van der Waals surface area contributed by atoms with Crippen LogP contribution in [0.5, 0.6) is 0 Å². The second-order valence-corrected chi connectivity index (χ2v) is 6.16. The van der Waals surface area contributed by atoms with Gasteiger partial charge in [-0.25, -0.2) is 9.37 Å². The summed E-state index contributed by atoms with van der Waals surface area (Å²) < 4.78 is 13.7. The molecule has 1 aliphatic rings. The summed E-state index contributed by atoms with van der Waals surface area (Å²) in [5.74, 6) is 0.00413. The van der Waals surface area contributed by atoms with Crippen LogP contribution in [0.4, 0.5) is 21.8 Å². The quantitative estimate of drug-likeness (QED) is 0.917. The van der Waals surface area contributed by atoms with Gasteiger partial charge in [0.25, 0.3) is 5.91 Å². The Morgan fingerprint density at radius 1 is 1.24 bits per heavy atom. The maximum absolute atomic E-state index is 13.7. The van der Waals surface area contributed by atoms with E-state index < -0.39 is 11.7 Å². The molecular formula is C17H21FN6O. The first kappa shape index (κ1) is 17.1. The molecule has 0 saturated carbocycles. The first-order valence-electron chi connectivity index (χ1n) is 8.26. The molecule has 7 nitrogen and oxygen atoms in total. The summed E-state index contributed by atoms with van der Waals surface area (Å²) >= 11 is 0. The van der Waals surface area contributed by atoms with Crippen molar-refractivity contribution in [2.45, 2.75) is 19.3 Å². The van der Waals surface area contributed by atoms with Gasteiger partial charge in [0.2, 0.25) is 5.95 Å². The fourth-order valence-electron chi connectivity index (χ4n) is 2.79. The van der Waals surface area contributed by atoms with E-state index in [1.807, 2.05) is 14.1 Å². The van der Waals surface area contributed by atoms with E-state index in [1.54, 1.807) is 11.1 Å². The van der Waals surface area contributed by atoms with Gasteiger partial charge >= 0.3 is 0 Å². The molecule has 2 aromatic heterocycles. The monoisotopic (exact) mass is 344 g/mol. The molecule has 1 saturated heterocycles. The first-order chi connectivity index (χ1) is 12.1. The van der Waals surface area contributed by atoms with Gasteiger partial charge in [-0.05, 0) is 25.3 Å². The van der Waals surface area contributed by atoms with E-state index in [2.05, 4.69) is 25.2 Å². The van der Waals surface area contributed by atoms with Crippen molar-refractivity contribution in [2.24, 2.45) is 0 Å². The van der Waals surface area contributed by atoms with Gasteiger partial charge in [0.15, 0.2) is 11.6 Å². The Morgan fingerprint density at radius 3 is 2.68 bits per heavy atom. The fourth-order valence-corrected chi connectivity index (χ4v) is 2.79. The molecule has 1 amide bonds. The minimum Gasteiger partial charge on any atom is -0.361 e. The maximum atomic E-state index is 13.7. The van der Waals surface area contributed by atoms with Crippen LogP contribution in [0, 0.1) is 5.82 Å². The summed E-state index contributed by atoms with van der Waals surface area (Å²) in [5, 5.41) is 2.69. The highest BCUT2D eigenvalue weighted by molar-refractivity contribution is 6.05. The Labute approximate surface area is 145 Å². The number of hydrogen-bond donors (Lipinski definition) is 1. The number of pyridine rings is 1. The lowest BCUT2D eigenvalue weighted by Crippen LogP contribution is -2.31. The van der Waals surface area contributed by atoms with Gasteiger partial charge < -0.3 is 15.1 Å². The Kier molecular flexibility index (Phi) is 5.06. The van der Waals surface area contributed by atoms with Gasteiger partial charge in [0.05, 0.1) is 18.0 Å². The predicted octanol–water partition coefficient (Wildman–Crippen LogP) is 2.32. The van der Waals surface area contributed by atoms with Crippen LogP contribution >= 0.6 is 0 Å². The standard InChI is InChI=1S/C17H21FN6O/c1-23(2)15-14(21-16(25)12-6-7-19-10-13(12)18)11-20-17(22-15)24-8-4-3-5-9-24/h6-7,10-11H,3-5,8-9H2,1-2H3,(H,21,25). The summed E-state index contributed by atoms with van der Waals surface area (Å²) in [4.78, 5) is 28.9. The molecule has 1 aliphatic heterocycles. The SMILES string of the molecule is CN(C)c1nc(N2CCCCC2)ncc1NC(=O)c1ccncc1F. The third kappa shape index (κ3) is 3.84. The third-order valence-corrected chi connectivity index (χ3v) is 4.08. The number of hydrogen-bond acceptors (Lipinski definition) is 6. The average molecular weight is 344 g/mol. The molecule has 0 unspecified atom stereocenters. The fraction of sp³-hybridized carbons (Fsp3) is 0.412. The molecule has 1 fully saturated rings. The van der Waals surface area contributed by atoms with Gasteiger partial charge in [-0.2, -0.15) is 4.98 Å². The number of amides is 1. The van der Waals surface area contributed by atoms with Crippen molar-refractivity contribution in [3.8, 4) is 0 Å². The van der Waals surface area contributed by atoms with Crippen molar-refractivity contribution in [3.05, 3.63) is 36.0 Å². The average Bonchev–Trinajstić information content (AvgIpc) is 2.63. The summed E-state index contributed by atoms with van der Waals surface area (Å²) in [5.41, 5.74) is 0.367. The largest absolute Gasteiger partial charge is 0.361 e. The van der Waals surface area contributed by atoms with Crippen LogP contribution < -0.4 is 15.1 Å². The van der Waals surface area contributed by atoms with E-state index in [1.165, 1.54) is 18.7 Å². The van der Waals surface area contributed by atoms with E-state index >= 15 is 0 Å². The van der Waals surface area contributed by atoms with Crippen molar-refractivity contribution < 1.29 is 9.18 Å². The van der Waals surface area contributed by atoms with Crippen LogP contribution in [-0.2, 0) is 0 Å². The number of piperidine rings is 1. The maximum Gasteiger partial charge on any atom is 0.258 e. The van der Waals surface area contributed by atoms with Crippen molar-refractivity contribution in [1.82, 2.24) is 15.0 Å². The number of halogens is 1. The van der Waals surface area contributed by atoms with Crippen molar-refractivity contribution in [1.29, 1.82) is 0 Å². The summed E-state index contributed by atoms with van der Waals surface area (Å²) in [7, 11) is 3.68. The first-order valence-corrected chi connectivity index (χ1v) is 8.26. The van der Waals surface area contributed by atoms with E-state index in [0.717, 1.165) is 32.1 Å². The minimum atomic E-state index is -0.669. The molecule has 3 heterocycles. The smallest absolute Gasteiger partial charge is 0.258 e. The van der Waals surface area contributed by atoms with Crippen LogP contribution in [0.3, 0.4) is 0 Å². The van der Waals surface area contributed by atoms with Gasteiger partial charge in [-0.1, -0.05) is 0 Å². The Balaban J connectivity index is 1.85. The second kappa shape index (κ2) is 7.42. The zero-order valence-corrected chi connectivity index (χ0v) is 14.4. The van der Waals surface area contributed by atoms with Crippen LogP contribution in [0.25, 0.3) is 0 Å². The zero-order valence-electron chi connectivity index (χ0n) is 14.4. The summed E-state index contributed by atoms with van der Waals surface area (Å²) in [6.07, 6.45) is 7.44. The molecule has 8 heteroatoms. The zero-order chi connectivity index (χ0) is 17.8. The van der Waals surface area contributed by atoms with Gasteiger partial charge in [-0.15, -0.1) is 0 Å². The molecule has 0 atom stereocenters. The van der Waals surface area contributed by atoms with Crippen molar-refractivity contribution in [3.63, 3.8) is 0 Å². The highest BCUT2D eigenvalue weighted by Gasteiger charge is 2.19. The van der Waals surface area contributed by atoms with Crippen LogP contribution in [0.15, 0.2) is 24.7 Å². The van der Waals surface area contributed by atoms with Crippen molar-refractivity contribution in [2.75, 3.05) is 42.3 Å². The lowest BCUT2D eigenvalue weighted by Gasteiger charge is -2.28. The summed E-state index contributed by atoms with van der Waals surface area (Å²) in [6, 6.07) is 1.34. The molecule has 132 valence electrons. The highest BCUT2D eigenvalue weighted by atomic mass is 19.1. The topological polar surface area (TPSA) is 74.2 Å². The van der Waals surface area contributed by atoms with Crippen LogP contribution in [0.1, 0.15) is 29.6 Å². The van der Waals surface area contributed by atoms with E-state index in [9.17, 15) is 9.18 Å². The van der Waals surface area contributed by atoms with Gasteiger partial charge in [0.1, 0.15) is 5.69 Å². The number of carbonyl (C=O) groups excluding carboxylic acids is 1. The molecular weight excluding hydrogens is 323 g/mol. The Hall–Kier alpha value is -2.77. The number of anilines is 3. The lowest BCUT2D eigenvalue weighted by atomic mass is 10.1. The van der Waals surface area contributed by atoms with Crippen LogP contribution in [0.2, 0.25) is 0 Å². The van der Waals surface area contributed by atoms with Gasteiger partial charge in [0, 0.05) is 33.4 Å². The second-order valence-electron chi connectivity index (χ2n) is 6.16. The Bertz CT molecular complexity index is 761.